The zero-order valence-electron chi connectivity index (χ0n) is 11.8. The molecule has 1 aromatic heterocycles. The van der Waals surface area contributed by atoms with Gasteiger partial charge in [0.15, 0.2) is 6.61 Å². The second kappa shape index (κ2) is 6.38. The minimum atomic E-state index is 0.00301. The van der Waals surface area contributed by atoms with E-state index in [1.54, 1.807) is 12.3 Å². The average Bonchev–Trinajstić information content (AvgIpc) is 2.27. The van der Waals surface area contributed by atoms with Crippen molar-refractivity contribution in [3.8, 4) is 5.75 Å². The highest BCUT2D eigenvalue weighted by atomic mass is 16.5. The molecule has 0 spiro atoms. The summed E-state index contributed by atoms with van der Waals surface area (Å²) in [6.07, 6.45) is 1.71. The van der Waals surface area contributed by atoms with Crippen LogP contribution in [-0.2, 0) is 4.79 Å². The van der Waals surface area contributed by atoms with Gasteiger partial charge in [0.05, 0.1) is 5.69 Å². The maximum absolute atomic E-state index is 12.1. The molecule has 4 nitrogen and oxygen atoms in total. The van der Waals surface area contributed by atoms with E-state index in [9.17, 15) is 4.79 Å². The monoisotopic (exact) mass is 250 g/mol. The van der Waals surface area contributed by atoms with E-state index in [1.807, 2.05) is 45.6 Å². The molecule has 0 saturated heterocycles. The molecule has 0 radical (unpaired) electrons. The van der Waals surface area contributed by atoms with Crippen molar-refractivity contribution in [2.45, 2.75) is 46.7 Å². The highest BCUT2D eigenvalue weighted by Gasteiger charge is 2.20. The summed E-state index contributed by atoms with van der Waals surface area (Å²) < 4.78 is 5.53. The van der Waals surface area contributed by atoms with Crippen LogP contribution >= 0.6 is 0 Å². The fourth-order valence-electron chi connectivity index (χ4n) is 2.01. The first-order valence-electron chi connectivity index (χ1n) is 6.29. The van der Waals surface area contributed by atoms with Gasteiger partial charge in [-0.3, -0.25) is 9.78 Å². The Balaban J connectivity index is 2.63. The molecule has 0 atom stereocenters. The lowest BCUT2D eigenvalue weighted by Gasteiger charge is -2.30. The molecule has 0 unspecified atom stereocenters. The van der Waals surface area contributed by atoms with Crippen molar-refractivity contribution in [3.05, 3.63) is 24.0 Å². The Morgan fingerprint density at radius 2 is 1.94 bits per heavy atom. The topological polar surface area (TPSA) is 42.4 Å². The molecule has 1 aromatic rings. The third-order valence-electron chi connectivity index (χ3n) is 2.71. The molecule has 0 aliphatic carbocycles. The van der Waals surface area contributed by atoms with Crippen molar-refractivity contribution >= 4 is 5.91 Å². The first kappa shape index (κ1) is 14.5. The van der Waals surface area contributed by atoms with Crippen molar-refractivity contribution in [3.63, 3.8) is 0 Å². The minimum Gasteiger partial charge on any atom is -0.482 e. The first-order valence-corrected chi connectivity index (χ1v) is 6.29. The third-order valence-corrected chi connectivity index (χ3v) is 2.71. The number of nitrogens with zero attached hydrogens (tertiary/aromatic N) is 2. The van der Waals surface area contributed by atoms with Crippen molar-refractivity contribution in [1.82, 2.24) is 9.88 Å². The van der Waals surface area contributed by atoms with E-state index in [0.29, 0.717) is 5.75 Å². The summed E-state index contributed by atoms with van der Waals surface area (Å²) in [6, 6.07) is 3.98. The number of rotatable bonds is 5. The molecule has 1 amide bonds. The number of ether oxygens (including phenoxy) is 1. The average molecular weight is 250 g/mol. The molecule has 0 bridgehead atoms. The molecule has 100 valence electrons. The number of aryl methyl sites for hydroxylation is 1. The highest BCUT2D eigenvalue weighted by Crippen LogP contribution is 2.14. The lowest BCUT2D eigenvalue weighted by molar-refractivity contribution is -0.137. The Labute approximate surface area is 109 Å². The van der Waals surface area contributed by atoms with Gasteiger partial charge in [0.25, 0.3) is 5.91 Å². The molecule has 0 aliphatic heterocycles. The second-order valence-corrected chi connectivity index (χ2v) is 4.86. The van der Waals surface area contributed by atoms with Gasteiger partial charge in [-0.15, -0.1) is 0 Å². The smallest absolute Gasteiger partial charge is 0.260 e. The lowest BCUT2D eigenvalue weighted by Crippen LogP contribution is -2.44. The summed E-state index contributed by atoms with van der Waals surface area (Å²) >= 11 is 0. The SMILES string of the molecule is Cc1ncccc1OCC(=O)N(C(C)C)C(C)C. The van der Waals surface area contributed by atoms with Crippen LogP contribution in [0.15, 0.2) is 18.3 Å². The normalized spacial score (nSPS) is 10.8. The molecule has 0 aromatic carbocycles. The number of carbonyl (C=O) groups is 1. The van der Waals surface area contributed by atoms with Crippen molar-refractivity contribution in [2.24, 2.45) is 0 Å². The summed E-state index contributed by atoms with van der Waals surface area (Å²) in [5, 5.41) is 0. The standard InChI is InChI=1S/C14H22N2O2/c1-10(2)16(11(3)4)14(17)9-18-13-7-6-8-15-12(13)5/h6-8,10-11H,9H2,1-5H3. The third kappa shape index (κ3) is 3.72. The number of aromatic nitrogens is 1. The van der Waals surface area contributed by atoms with Gasteiger partial charge in [-0.25, -0.2) is 0 Å². The highest BCUT2D eigenvalue weighted by molar-refractivity contribution is 5.78. The molecule has 18 heavy (non-hydrogen) atoms. The van der Waals surface area contributed by atoms with E-state index >= 15 is 0 Å². The van der Waals surface area contributed by atoms with Crippen molar-refractivity contribution in [2.75, 3.05) is 6.61 Å². The number of pyridine rings is 1. The molecule has 4 heteroatoms. The van der Waals surface area contributed by atoms with Gasteiger partial charge >= 0.3 is 0 Å². The first-order chi connectivity index (χ1) is 8.43. The van der Waals surface area contributed by atoms with Crippen LogP contribution in [-0.4, -0.2) is 34.5 Å². The van der Waals surface area contributed by atoms with Crippen LogP contribution in [0.5, 0.6) is 5.75 Å². The zero-order valence-corrected chi connectivity index (χ0v) is 11.8. The summed E-state index contributed by atoms with van der Waals surface area (Å²) in [6.45, 7) is 9.95. The van der Waals surface area contributed by atoms with Crippen LogP contribution in [0.2, 0.25) is 0 Å². The molecule has 1 heterocycles. The fourth-order valence-corrected chi connectivity index (χ4v) is 2.01. The van der Waals surface area contributed by atoms with E-state index in [2.05, 4.69) is 4.98 Å². The summed E-state index contributed by atoms with van der Waals surface area (Å²) in [5.74, 6) is 0.668. The van der Waals surface area contributed by atoms with Gasteiger partial charge < -0.3 is 9.64 Å². The Kier molecular flexibility index (Phi) is 5.13. The van der Waals surface area contributed by atoms with Crippen molar-refractivity contribution < 1.29 is 9.53 Å². The summed E-state index contributed by atoms with van der Waals surface area (Å²) in [7, 11) is 0. The molecule has 0 aliphatic rings. The lowest BCUT2D eigenvalue weighted by atomic mass is 10.2. The number of hydrogen-bond donors (Lipinski definition) is 0. The largest absolute Gasteiger partial charge is 0.482 e. The van der Waals surface area contributed by atoms with Crippen LogP contribution in [0.4, 0.5) is 0 Å². The Hall–Kier alpha value is -1.58. The second-order valence-electron chi connectivity index (χ2n) is 4.86. The van der Waals surface area contributed by atoms with Crippen molar-refractivity contribution in [1.29, 1.82) is 0 Å². The molecular weight excluding hydrogens is 228 g/mol. The number of amides is 1. The van der Waals surface area contributed by atoms with Gasteiger partial charge in [0.1, 0.15) is 5.75 Å². The Morgan fingerprint density at radius 1 is 1.33 bits per heavy atom. The van der Waals surface area contributed by atoms with Gasteiger partial charge in [-0.05, 0) is 46.8 Å². The maximum atomic E-state index is 12.1. The van der Waals surface area contributed by atoms with Crippen LogP contribution in [0, 0.1) is 6.92 Å². The van der Waals surface area contributed by atoms with Gasteiger partial charge in [-0.1, -0.05) is 0 Å². The van der Waals surface area contributed by atoms with E-state index in [-0.39, 0.29) is 24.6 Å². The summed E-state index contributed by atoms with van der Waals surface area (Å²) in [5.41, 5.74) is 0.797. The van der Waals surface area contributed by atoms with E-state index in [4.69, 9.17) is 4.74 Å². The molecular formula is C14H22N2O2. The van der Waals surface area contributed by atoms with Crippen LogP contribution in [0.25, 0.3) is 0 Å². The predicted octanol–water partition coefficient (Wildman–Crippen LogP) is 2.41. The minimum absolute atomic E-state index is 0.00301. The van der Waals surface area contributed by atoms with Gasteiger partial charge in [0.2, 0.25) is 0 Å². The number of hydrogen-bond acceptors (Lipinski definition) is 3. The molecule has 1 rings (SSSR count). The van der Waals surface area contributed by atoms with E-state index < -0.39 is 0 Å². The Morgan fingerprint density at radius 3 is 2.44 bits per heavy atom. The molecule has 0 N–H and O–H groups in total. The quantitative estimate of drug-likeness (QED) is 0.806. The summed E-state index contributed by atoms with van der Waals surface area (Å²) in [4.78, 5) is 18.0. The zero-order chi connectivity index (χ0) is 13.7. The van der Waals surface area contributed by atoms with E-state index in [1.165, 1.54) is 0 Å². The van der Waals surface area contributed by atoms with Crippen LogP contribution in [0.1, 0.15) is 33.4 Å². The van der Waals surface area contributed by atoms with Gasteiger partial charge in [0, 0.05) is 18.3 Å². The Bertz CT molecular complexity index is 395. The van der Waals surface area contributed by atoms with Crippen LogP contribution < -0.4 is 4.74 Å². The fraction of sp³-hybridized carbons (Fsp3) is 0.571. The number of carbonyl (C=O) groups excluding carboxylic acids is 1. The molecule has 0 fully saturated rings. The maximum Gasteiger partial charge on any atom is 0.260 e. The van der Waals surface area contributed by atoms with Crippen LogP contribution in [0.3, 0.4) is 0 Å². The predicted molar refractivity (Wildman–Crippen MR) is 71.6 cm³/mol. The molecule has 0 saturated carbocycles. The van der Waals surface area contributed by atoms with E-state index in [0.717, 1.165) is 5.69 Å². The van der Waals surface area contributed by atoms with Gasteiger partial charge in [-0.2, -0.15) is 0 Å².